The van der Waals surface area contributed by atoms with Crippen molar-refractivity contribution in [3.63, 3.8) is 0 Å². The molecular formula is C27H25F7N6O7-2. The van der Waals surface area contributed by atoms with Gasteiger partial charge in [0.25, 0.3) is 0 Å². The molecule has 1 unspecified atom stereocenters. The number of carbonyl (C=O) groups excluding carboxylic acids is 2. The summed E-state index contributed by atoms with van der Waals surface area (Å²) < 4.78 is 96.3. The number of nitrogens with zero attached hydrogens (tertiary/aromatic N) is 4. The van der Waals surface area contributed by atoms with Gasteiger partial charge in [0.1, 0.15) is 23.6 Å². The van der Waals surface area contributed by atoms with Gasteiger partial charge >= 0.3 is 12.4 Å². The summed E-state index contributed by atoms with van der Waals surface area (Å²) in [6.45, 7) is 2.54. The van der Waals surface area contributed by atoms with E-state index in [1.165, 1.54) is 33.6 Å². The van der Waals surface area contributed by atoms with E-state index in [0.717, 1.165) is 5.52 Å². The molecule has 4 aromatic rings. The lowest BCUT2D eigenvalue weighted by Gasteiger charge is -2.18. The molecule has 2 aromatic carbocycles. The number of rotatable bonds is 7. The van der Waals surface area contributed by atoms with Crippen LogP contribution in [-0.4, -0.2) is 65.1 Å². The van der Waals surface area contributed by atoms with Crippen LogP contribution in [0.3, 0.4) is 0 Å². The first-order chi connectivity index (χ1) is 21.8. The van der Waals surface area contributed by atoms with Crippen molar-refractivity contribution in [3.8, 4) is 28.5 Å². The highest BCUT2D eigenvalue weighted by atomic mass is 19.4. The number of aryl methyl sites for hydroxylation is 1. The van der Waals surface area contributed by atoms with Crippen LogP contribution in [0.15, 0.2) is 36.5 Å². The Labute approximate surface area is 260 Å². The summed E-state index contributed by atoms with van der Waals surface area (Å²) >= 11 is 0. The zero-order valence-corrected chi connectivity index (χ0v) is 24.7. The summed E-state index contributed by atoms with van der Waals surface area (Å²) in [7, 11) is 4.62. The van der Waals surface area contributed by atoms with Crippen LogP contribution in [0.1, 0.15) is 24.4 Å². The van der Waals surface area contributed by atoms with E-state index in [4.69, 9.17) is 45.5 Å². The Morgan fingerprint density at radius 1 is 0.915 bits per heavy atom. The Bertz CT molecular complexity index is 1680. The number of carboxylic acid groups (broad SMARTS) is 2. The first-order valence-electron chi connectivity index (χ1n) is 12.7. The third kappa shape index (κ3) is 9.31. The van der Waals surface area contributed by atoms with Crippen molar-refractivity contribution in [1.82, 2.24) is 19.5 Å². The quantitative estimate of drug-likeness (QED) is 0.269. The zero-order valence-electron chi connectivity index (χ0n) is 24.7. The molecule has 1 atom stereocenters. The lowest BCUT2D eigenvalue weighted by molar-refractivity contribution is -0.344. The number of carbonyl (C=O) groups is 2. The van der Waals surface area contributed by atoms with Crippen LogP contribution in [0.4, 0.5) is 36.7 Å². The highest BCUT2D eigenvalue weighted by Crippen LogP contribution is 2.40. The van der Waals surface area contributed by atoms with Gasteiger partial charge in [0, 0.05) is 24.4 Å². The third-order valence-corrected chi connectivity index (χ3v) is 5.92. The van der Waals surface area contributed by atoms with Gasteiger partial charge < -0.3 is 50.0 Å². The molecule has 0 radical (unpaired) electrons. The standard InChI is InChI=1S/C23H25FN6O3.2C2HF3O2/c1-5-30-17-10-13(15-6-7-27-23(26)29-15)14(24)11-16(17)28-22(30)20(25)12-8-18(31-2)21(33-4)19(9-12)32-3;2*3-2(4,5)1(6)7/h6-11,20H,5,25H2,1-4H3,(H2,26,27,29);2*(H,6,7)/p-2. The minimum atomic E-state index is -5.19. The van der Waals surface area contributed by atoms with E-state index in [9.17, 15) is 30.7 Å². The molecule has 0 aliphatic carbocycles. The van der Waals surface area contributed by atoms with Gasteiger partial charge in [-0.1, -0.05) is 0 Å². The molecule has 4 N–H and O–H groups in total. The van der Waals surface area contributed by atoms with Gasteiger partial charge in [0.05, 0.1) is 44.1 Å². The second-order valence-electron chi connectivity index (χ2n) is 8.84. The molecule has 47 heavy (non-hydrogen) atoms. The Hall–Kier alpha value is -5.40. The molecule has 0 saturated carbocycles. The predicted octanol–water partition coefficient (Wildman–Crippen LogP) is 1.91. The van der Waals surface area contributed by atoms with Crippen molar-refractivity contribution in [1.29, 1.82) is 0 Å². The largest absolute Gasteiger partial charge is 0.542 e. The molecule has 20 heteroatoms. The molecule has 0 amide bonds. The molecule has 4 rings (SSSR count). The maximum Gasteiger partial charge on any atom is 0.430 e. The van der Waals surface area contributed by atoms with Crippen LogP contribution in [0.5, 0.6) is 17.2 Å². The Morgan fingerprint density at radius 2 is 1.43 bits per heavy atom. The number of methoxy groups -OCH3 is 3. The van der Waals surface area contributed by atoms with E-state index >= 15 is 0 Å². The number of imidazole rings is 1. The maximum absolute atomic E-state index is 15.0. The SMILES string of the molecule is CCn1c(C(N)c2cc(OC)c(OC)c(OC)c2)nc2cc(F)c(-c3ccnc(N)n3)cc21.O=C([O-])C(F)(F)F.O=C([O-])C(F)(F)F. The Morgan fingerprint density at radius 3 is 1.83 bits per heavy atom. The number of ether oxygens (including phenoxy) is 3. The lowest BCUT2D eigenvalue weighted by Crippen LogP contribution is -2.37. The van der Waals surface area contributed by atoms with E-state index in [2.05, 4.69) is 15.0 Å². The van der Waals surface area contributed by atoms with Gasteiger partial charge in [-0.3, -0.25) is 0 Å². The summed E-state index contributed by atoms with van der Waals surface area (Å²) in [6.07, 6.45) is -8.90. The van der Waals surface area contributed by atoms with Gasteiger partial charge in [-0.15, -0.1) is 0 Å². The lowest BCUT2D eigenvalue weighted by atomic mass is 10.1. The van der Waals surface area contributed by atoms with Crippen LogP contribution < -0.4 is 35.9 Å². The molecule has 2 heterocycles. The second kappa shape index (κ2) is 15.3. The number of nitrogen functional groups attached to an aromatic ring is 1. The highest BCUT2D eigenvalue weighted by Gasteiger charge is 2.29. The fourth-order valence-electron chi connectivity index (χ4n) is 3.88. The summed E-state index contributed by atoms with van der Waals surface area (Å²) in [5, 5.41) is 17.6. The number of benzene rings is 2. The number of alkyl halides is 6. The summed E-state index contributed by atoms with van der Waals surface area (Å²) in [5.41, 5.74) is 14.9. The van der Waals surface area contributed by atoms with Crippen molar-refractivity contribution >= 4 is 28.9 Å². The number of aromatic nitrogens is 4. The average molecular weight is 679 g/mol. The molecule has 2 aromatic heterocycles. The zero-order chi connectivity index (χ0) is 35.9. The number of fused-ring (bicyclic) bond motifs is 1. The topological polar surface area (TPSA) is 204 Å². The number of halogens is 7. The fourth-order valence-corrected chi connectivity index (χ4v) is 3.88. The van der Waals surface area contributed by atoms with Crippen LogP contribution in [0.25, 0.3) is 22.3 Å². The van der Waals surface area contributed by atoms with Crippen LogP contribution in [-0.2, 0) is 16.1 Å². The normalized spacial score (nSPS) is 11.8. The van der Waals surface area contributed by atoms with Gasteiger partial charge in [0.2, 0.25) is 11.7 Å². The maximum atomic E-state index is 15.0. The highest BCUT2D eigenvalue weighted by molar-refractivity contribution is 5.83. The Kier molecular flexibility index (Phi) is 12.3. The van der Waals surface area contributed by atoms with Gasteiger partial charge in [-0.2, -0.15) is 26.3 Å². The smallest absolute Gasteiger partial charge is 0.430 e. The summed E-state index contributed by atoms with van der Waals surface area (Å²) in [5.74, 6) is -4.40. The van der Waals surface area contributed by atoms with Crippen molar-refractivity contribution in [2.24, 2.45) is 5.73 Å². The number of hydrogen-bond acceptors (Lipinski definition) is 12. The van der Waals surface area contributed by atoms with Crippen molar-refractivity contribution in [2.45, 2.75) is 31.9 Å². The molecule has 13 nitrogen and oxygen atoms in total. The molecule has 0 saturated heterocycles. The number of nitrogens with two attached hydrogens (primary N) is 2. The van der Waals surface area contributed by atoms with Crippen molar-refractivity contribution in [3.05, 3.63) is 53.7 Å². The van der Waals surface area contributed by atoms with E-state index in [0.29, 0.717) is 52.0 Å². The monoisotopic (exact) mass is 678 g/mol. The first-order valence-corrected chi connectivity index (χ1v) is 12.7. The molecule has 0 fully saturated rings. The second-order valence-corrected chi connectivity index (χ2v) is 8.84. The summed E-state index contributed by atoms with van der Waals surface area (Å²) in [6, 6.07) is 7.61. The van der Waals surface area contributed by atoms with Crippen molar-refractivity contribution < 1.29 is 64.7 Å². The number of anilines is 1. The summed E-state index contributed by atoms with van der Waals surface area (Å²) in [4.78, 5) is 30.2. The van der Waals surface area contributed by atoms with Gasteiger partial charge in [-0.25, -0.2) is 19.3 Å². The van der Waals surface area contributed by atoms with Crippen LogP contribution in [0.2, 0.25) is 0 Å². The van der Waals surface area contributed by atoms with Crippen molar-refractivity contribution in [2.75, 3.05) is 27.1 Å². The third-order valence-electron chi connectivity index (χ3n) is 5.92. The number of hydrogen-bond donors (Lipinski definition) is 2. The fraction of sp³-hybridized carbons (Fsp3) is 0.296. The molecule has 0 bridgehead atoms. The van der Waals surface area contributed by atoms with Gasteiger partial charge in [0.15, 0.2) is 11.5 Å². The van der Waals surface area contributed by atoms with Crippen LogP contribution in [0, 0.1) is 5.82 Å². The molecule has 0 aliphatic rings. The molecule has 256 valence electrons. The number of carboxylic acids is 2. The van der Waals surface area contributed by atoms with E-state index in [1.54, 1.807) is 24.3 Å². The molecule has 0 aliphatic heterocycles. The molecular weight excluding hydrogens is 653 g/mol. The first kappa shape index (κ1) is 37.8. The van der Waals surface area contributed by atoms with E-state index in [1.807, 2.05) is 11.5 Å². The Balaban J connectivity index is 0.000000459. The minimum Gasteiger partial charge on any atom is -0.542 e. The average Bonchev–Trinajstić information content (AvgIpc) is 3.36. The predicted molar refractivity (Wildman–Crippen MR) is 145 cm³/mol. The van der Waals surface area contributed by atoms with Crippen LogP contribution >= 0.6 is 0 Å². The number of aliphatic carboxylic acids is 2. The van der Waals surface area contributed by atoms with E-state index < -0.39 is 36.2 Å². The van der Waals surface area contributed by atoms with E-state index in [-0.39, 0.29) is 5.95 Å². The van der Waals surface area contributed by atoms with Gasteiger partial charge in [-0.05, 0) is 36.8 Å². The minimum absolute atomic E-state index is 0.0705. The molecule has 0 spiro atoms.